The molecule has 27 heavy (non-hydrogen) atoms. The molecule has 0 spiro atoms. The molecule has 0 saturated carbocycles. The number of rotatable bonds is 6. The van der Waals surface area contributed by atoms with Gasteiger partial charge in [-0.15, -0.1) is 0 Å². The van der Waals surface area contributed by atoms with Crippen LogP contribution in [-0.2, 0) is 0 Å². The molecule has 1 aromatic heterocycles. The summed E-state index contributed by atoms with van der Waals surface area (Å²) in [5.41, 5.74) is 5.31. The van der Waals surface area contributed by atoms with Gasteiger partial charge in [-0.25, -0.2) is 0 Å². The average molecular weight is 367 g/mol. The van der Waals surface area contributed by atoms with E-state index in [-0.39, 0.29) is 0 Å². The minimum absolute atomic E-state index is 0.577. The highest BCUT2D eigenvalue weighted by Gasteiger charge is 2.16. The van der Waals surface area contributed by atoms with Gasteiger partial charge in [0.05, 0.1) is 39.8 Å². The summed E-state index contributed by atoms with van der Waals surface area (Å²) in [7, 11) is 6.54. The molecule has 0 unspecified atom stereocenters. The third-order valence-electron chi connectivity index (χ3n) is 4.64. The first-order valence-electron chi connectivity index (χ1n) is 8.67. The Kier molecular flexibility index (Phi) is 5.31. The smallest absolute Gasteiger partial charge is 0.203 e. The molecule has 0 aliphatic heterocycles. The van der Waals surface area contributed by atoms with Gasteiger partial charge in [0.25, 0.3) is 0 Å². The lowest BCUT2D eigenvalue weighted by Gasteiger charge is -2.17. The van der Waals surface area contributed by atoms with E-state index in [0.717, 1.165) is 33.8 Å². The first-order valence-corrected chi connectivity index (χ1v) is 8.67. The molecule has 0 radical (unpaired) electrons. The monoisotopic (exact) mass is 367 g/mol. The Morgan fingerprint density at radius 2 is 1.26 bits per heavy atom. The van der Waals surface area contributed by atoms with E-state index in [1.165, 1.54) is 0 Å². The van der Waals surface area contributed by atoms with Crippen molar-refractivity contribution in [3.05, 3.63) is 53.7 Å². The van der Waals surface area contributed by atoms with Crippen LogP contribution in [0, 0.1) is 13.8 Å². The van der Waals surface area contributed by atoms with E-state index >= 15 is 0 Å². The fourth-order valence-corrected chi connectivity index (χ4v) is 3.47. The Morgan fingerprint density at radius 3 is 1.74 bits per heavy atom. The number of benzene rings is 2. The fourth-order valence-electron chi connectivity index (χ4n) is 3.47. The number of nitrogens with zero attached hydrogens (tertiary/aromatic N) is 1. The highest BCUT2D eigenvalue weighted by atomic mass is 16.5. The Labute approximate surface area is 160 Å². The van der Waals surface area contributed by atoms with Crippen molar-refractivity contribution in [1.82, 2.24) is 4.57 Å². The largest absolute Gasteiger partial charge is 0.496 e. The molecule has 0 saturated heterocycles. The van der Waals surface area contributed by atoms with E-state index < -0.39 is 0 Å². The van der Waals surface area contributed by atoms with Gasteiger partial charge in [0, 0.05) is 18.3 Å². The summed E-state index contributed by atoms with van der Waals surface area (Å²) in [5.74, 6) is 2.74. The third kappa shape index (κ3) is 3.33. The van der Waals surface area contributed by atoms with E-state index in [4.69, 9.17) is 18.9 Å². The van der Waals surface area contributed by atoms with Gasteiger partial charge < -0.3 is 23.5 Å². The molecule has 5 heteroatoms. The van der Waals surface area contributed by atoms with E-state index in [2.05, 4.69) is 36.6 Å². The van der Waals surface area contributed by atoms with E-state index in [1.807, 2.05) is 24.4 Å². The van der Waals surface area contributed by atoms with Gasteiger partial charge in [0.15, 0.2) is 11.5 Å². The van der Waals surface area contributed by atoms with Crippen molar-refractivity contribution in [1.29, 1.82) is 0 Å². The highest BCUT2D eigenvalue weighted by molar-refractivity contribution is 5.68. The summed E-state index contributed by atoms with van der Waals surface area (Å²) in [6.07, 6.45) is 2.02. The van der Waals surface area contributed by atoms with Crippen LogP contribution in [0.25, 0.3) is 16.9 Å². The molecule has 0 aliphatic rings. The molecular weight excluding hydrogens is 342 g/mol. The molecule has 0 N–H and O–H groups in total. The lowest BCUT2D eigenvalue weighted by atomic mass is 10.0. The van der Waals surface area contributed by atoms with Crippen molar-refractivity contribution < 1.29 is 18.9 Å². The summed E-state index contributed by atoms with van der Waals surface area (Å²) in [5, 5.41) is 0. The maximum absolute atomic E-state index is 5.50. The van der Waals surface area contributed by atoms with Gasteiger partial charge in [-0.05, 0) is 54.8 Å². The quantitative estimate of drug-likeness (QED) is 0.628. The number of aromatic nitrogens is 1. The lowest BCUT2D eigenvalue weighted by Crippen LogP contribution is -2.01. The summed E-state index contributed by atoms with van der Waals surface area (Å²) >= 11 is 0. The number of aryl methyl sites for hydroxylation is 2. The minimum atomic E-state index is 0.577. The van der Waals surface area contributed by atoms with Crippen molar-refractivity contribution in [3.63, 3.8) is 0 Å². The summed E-state index contributed by atoms with van der Waals surface area (Å²) in [4.78, 5) is 0. The van der Waals surface area contributed by atoms with Gasteiger partial charge in [-0.3, -0.25) is 0 Å². The molecule has 5 nitrogen and oxygen atoms in total. The molecule has 0 fully saturated rings. The second-order valence-corrected chi connectivity index (χ2v) is 6.29. The fraction of sp³-hybridized carbons (Fsp3) is 0.273. The van der Waals surface area contributed by atoms with Crippen molar-refractivity contribution in [3.8, 4) is 39.9 Å². The Bertz CT molecular complexity index is 911. The molecule has 2 aromatic carbocycles. The second kappa shape index (κ2) is 7.66. The van der Waals surface area contributed by atoms with Crippen molar-refractivity contribution in [2.24, 2.45) is 0 Å². The van der Waals surface area contributed by atoms with E-state index in [0.29, 0.717) is 17.2 Å². The number of methoxy groups -OCH3 is 4. The van der Waals surface area contributed by atoms with Crippen LogP contribution in [-0.4, -0.2) is 33.0 Å². The second-order valence-electron chi connectivity index (χ2n) is 6.29. The normalized spacial score (nSPS) is 10.6. The lowest BCUT2D eigenvalue weighted by molar-refractivity contribution is 0.324. The average Bonchev–Trinajstić information content (AvgIpc) is 3.16. The van der Waals surface area contributed by atoms with Crippen LogP contribution >= 0.6 is 0 Å². The molecule has 3 aromatic rings. The number of ether oxygens (including phenoxy) is 4. The number of hydrogen-bond acceptors (Lipinski definition) is 4. The zero-order valence-corrected chi connectivity index (χ0v) is 16.6. The molecule has 142 valence electrons. The molecule has 3 rings (SSSR count). The zero-order chi connectivity index (χ0) is 19.6. The van der Waals surface area contributed by atoms with Gasteiger partial charge in [0.2, 0.25) is 5.75 Å². The van der Waals surface area contributed by atoms with Gasteiger partial charge in [-0.2, -0.15) is 0 Å². The number of hydrogen-bond donors (Lipinski definition) is 0. The highest BCUT2D eigenvalue weighted by Crippen LogP contribution is 2.40. The van der Waals surface area contributed by atoms with Crippen LogP contribution in [0.1, 0.15) is 11.1 Å². The first kappa shape index (κ1) is 18.7. The van der Waals surface area contributed by atoms with Crippen molar-refractivity contribution in [2.45, 2.75) is 13.8 Å². The summed E-state index contributed by atoms with van der Waals surface area (Å²) in [6, 6.07) is 12.3. The molecule has 0 atom stereocenters. The predicted octanol–water partition coefficient (Wildman–Crippen LogP) is 4.80. The van der Waals surface area contributed by atoms with Crippen LogP contribution in [0.3, 0.4) is 0 Å². The van der Waals surface area contributed by atoms with Crippen LogP contribution in [0.2, 0.25) is 0 Å². The third-order valence-corrected chi connectivity index (χ3v) is 4.64. The van der Waals surface area contributed by atoms with Crippen LogP contribution < -0.4 is 18.9 Å². The summed E-state index contributed by atoms with van der Waals surface area (Å²) in [6.45, 7) is 4.12. The van der Waals surface area contributed by atoms with Gasteiger partial charge in [0.1, 0.15) is 5.75 Å². The van der Waals surface area contributed by atoms with Gasteiger partial charge >= 0.3 is 0 Å². The molecule has 0 aliphatic carbocycles. The van der Waals surface area contributed by atoms with Gasteiger partial charge in [-0.1, -0.05) is 0 Å². The predicted molar refractivity (Wildman–Crippen MR) is 107 cm³/mol. The zero-order valence-electron chi connectivity index (χ0n) is 16.6. The topological polar surface area (TPSA) is 41.9 Å². The Morgan fingerprint density at radius 1 is 0.704 bits per heavy atom. The maximum atomic E-state index is 5.50. The first-order chi connectivity index (χ1) is 13.0. The van der Waals surface area contributed by atoms with Crippen LogP contribution in [0.5, 0.6) is 23.0 Å². The SMILES string of the molecule is COc1cc(-n2cccc2-c2cc(C)c(OC)c(C)c2)cc(OC)c1OC. The maximum Gasteiger partial charge on any atom is 0.203 e. The molecule has 0 bridgehead atoms. The molecular formula is C22H25NO4. The van der Waals surface area contributed by atoms with Crippen molar-refractivity contribution in [2.75, 3.05) is 28.4 Å². The van der Waals surface area contributed by atoms with Crippen LogP contribution in [0.4, 0.5) is 0 Å². The molecule has 1 heterocycles. The summed E-state index contributed by atoms with van der Waals surface area (Å²) < 4.78 is 24.0. The van der Waals surface area contributed by atoms with E-state index in [9.17, 15) is 0 Å². The standard InChI is InChI=1S/C22H25NO4/c1-14-10-16(11-15(2)21(14)26-5)18-8-7-9-23(18)17-12-19(24-3)22(27-6)20(13-17)25-4/h7-13H,1-6H3. The van der Waals surface area contributed by atoms with Crippen molar-refractivity contribution >= 4 is 0 Å². The molecule has 0 amide bonds. The van der Waals surface area contributed by atoms with Crippen LogP contribution in [0.15, 0.2) is 42.6 Å². The Balaban J connectivity index is 2.16. The minimum Gasteiger partial charge on any atom is -0.496 e. The van der Waals surface area contributed by atoms with E-state index in [1.54, 1.807) is 28.4 Å². The Hall–Kier alpha value is -3.08.